The number of ketones is 2. The van der Waals surface area contributed by atoms with Crippen molar-refractivity contribution in [3.8, 4) is 0 Å². The highest BCUT2D eigenvalue weighted by atomic mass is 16.6. The molecule has 0 aromatic heterocycles. The zero-order chi connectivity index (χ0) is 24.6. The summed E-state index contributed by atoms with van der Waals surface area (Å²) >= 11 is 0. The highest BCUT2D eigenvalue weighted by molar-refractivity contribution is 6.31. The summed E-state index contributed by atoms with van der Waals surface area (Å²) in [5.74, 6) is -1.28. The molecule has 0 saturated carbocycles. The number of amides is 1. The fourth-order valence-electron chi connectivity index (χ4n) is 3.78. The molecule has 0 unspecified atom stereocenters. The minimum Gasteiger partial charge on any atom is -0.325 e. The number of nitro benzene ring substituents is 2. The van der Waals surface area contributed by atoms with E-state index in [0.717, 1.165) is 12.1 Å². The van der Waals surface area contributed by atoms with Crippen molar-refractivity contribution in [1.29, 1.82) is 0 Å². The SMILES string of the molecule is CC(=O)Nc1c(C=Cc2ccc([N+](=O)[O-])cc2[N+](=O)[O-])ccc2c1C(=O)c1ccccc1C2=O. The van der Waals surface area contributed by atoms with Crippen molar-refractivity contribution < 1.29 is 24.2 Å². The van der Waals surface area contributed by atoms with Crippen molar-refractivity contribution in [1.82, 2.24) is 0 Å². The van der Waals surface area contributed by atoms with Gasteiger partial charge in [0.2, 0.25) is 5.91 Å². The van der Waals surface area contributed by atoms with E-state index >= 15 is 0 Å². The van der Waals surface area contributed by atoms with Gasteiger partial charge < -0.3 is 5.32 Å². The fourth-order valence-corrected chi connectivity index (χ4v) is 3.78. The minimum atomic E-state index is -0.743. The molecule has 10 heteroatoms. The quantitative estimate of drug-likeness (QED) is 0.265. The molecule has 0 fully saturated rings. The summed E-state index contributed by atoms with van der Waals surface area (Å²) in [6, 6.07) is 12.5. The van der Waals surface area contributed by atoms with Crippen LogP contribution >= 0.6 is 0 Å². The molecule has 1 amide bonds. The molecule has 0 radical (unpaired) electrons. The van der Waals surface area contributed by atoms with Crippen LogP contribution in [0.2, 0.25) is 0 Å². The third-order valence-electron chi connectivity index (χ3n) is 5.29. The Hall–Kier alpha value is -4.99. The molecular formula is C24H15N3O7. The van der Waals surface area contributed by atoms with Crippen molar-refractivity contribution in [2.75, 3.05) is 5.32 Å². The lowest BCUT2D eigenvalue weighted by Crippen LogP contribution is -2.24. The molecule has 1 N–H and O–H groups in total. The Morgan fingerprint density at radius 2 is 1.44 bits per heavy atom. The molecular weight excluding hydrogens is 442 g/mol. The van der Waals surface area contributed by atoms with E-state index in [9.17, 15) is 34.6 Å². The summed E-state index contributed by atoms with van der Waals surface area (Å²) in [6.45, 7) is 1.25. The lowest BCUT2D eigenvalue weighted by atomic mass is 9.82. The Labute approximate surface area is 191 Å². The second-order valence-electron chi connectivity index (χ2n) is 7.43. The number of fused-ring (bicyclic) bond motifs is 2. The molecule has 3 aromatic carbocycles. The number of anilines is 1. The largest absolute Gasteiger partial charge is 0.325 e. The number of nitrogens with zero attached hydrogens (tertiary/aromatic N) is 2. The molecule has 1 aliphatic rings. The number of hydrogen-bond acceptors (Lipinski definition) is 7. The highest BCUT2D eigenvalue weighted by Gasteiger charge is 2.32. The topological polar surface area (TPSA) is 150 Å². The van der Waals surface area contributed by atoms with Crippen molar-refractivity contribution in [2.45, 2.75) is 6.92 Å². The Morgan fingerprint density at radius 3 is 2.06 bits per heavy atom. The molecule has 0 aliphatic heterocycles. The van der Waals surface area contributed by atoms with E-state index in [4.69, 9.17) is 0 Å². The summed E-state index contributed by atoms with van der Waals surface area (Å²) in [5.41, 5.74) is 0.210. The minimum absolute atomic E-state index is 0.0271. The zero-order valence-electron chi connectivity index (χ0n) is 17.6. The van der Waals surface area contributed by atoms with Gasteiger partial charge in [-0.1, -0.05) is 36.4 Å². The van der Waals surface area contributed by atoms with Gasteiger partial charge in [0.15, 0.2) is 11.6 Å². The summed E-state index contributed by atoms with van der Waals surface area (Å²) in [4.78, 5) is 59.0. The van der Waals surface area contributed by atoms with Crippen molar-refractivity contribution >= 4 is 46.7 Å². The number of nitrogens with one attached hydrogen (secondary N) is 1. The van der Waals surface area contributed by atoms with Crippen LogP contribution in [0, 0.1) is 20.2 Å². The van der Waals surface area contributed by atoms with Crippen molar-refractivity contribution in [3.63, 3.8) is 0 Å². The molecule has 1 aliphatic carbocycles. The number of carbonyl (C=O) groups is 3. The maximum Gasteiger partial charge on any atom is 0.283 e. The highest BCUT2D eigenvalue weighted by Crippen LogP contribution is 2.35. The number of carbonyl (C=O) groups excluding carboxylic acids is 3. The van der Waals surface area contributed by atoms with Gasteiger partial charge in [0, 0.05) is 29.7 Å². The van der Waals surface area contributed by atoms with E-state index < -0.39 is 32.9 Å². The molecule has 0 saturated heterocycles. The number of nitro groups is 2. The lowest BCUT2D eigenvalue weighted by Gasteiger charge is -2.21. The number of hydrogen-bond donors (Lipinski definition) is 1. The molecule has 168 valence electrons. The number of non-ortho nitro benzene ring substituents is 1. The molecule has 0 heterocycles. The van der Waals surface area contributed by atoms with Gasteiger partial charge in [-0.15, -0.1) is 0 Å². The lowest BCUT2D eigenvalue weighted by molar-refractivity contribution is -0.394. The first-order chi connectivity index (χ1) is 16.2. The van der Waals surface area contributed by atoms with Crippen LogP contribution in [-0.4, -0.2) is 27.3 Å². The zero-order valence-corrected chi connectivity index (χ0v) is 17.6. The summed E-state index contributed by atoms with van der Waals surface area (Å²) in [7, 11) is 0. The van der Waals surface area contributed by atoms with E-state index in [-0.39, 0.29) is 39.3 Å². The van der Waals surface area contributed by atoms with Gasteiger partial charge in [-0.2, -0.15) is 0 Å². The third kappa shape index (κ3) is 3.84. The molecule has 0 bridgehead atoms. The van der Waals surface area contributed by atoms with Gasteiger partial charge >= 0.3 is 0 Å². The number of rotatable bonds is 5. The van der Waals surface area contributed by atoms with E-state index in [2.05, 4.69) is 5.32 Å². The summed E-state index contributed by atoms with van der Waals surface area (Å²) in [6.07, 6.45) is 2.77. The van der Waals surface area contributed by atoms with E-state index in [1.165, 1.54) is 43.3 Å². The first-order valence-electron chi connectivity index (χ1n) is 9.93. The predicted octanol–water partition coefficient (Wildman–Crippen LogP) is 4.41. The maximum absolute atomic E-state index is 13.2. The fraction of sp³-hybridized carbons (Fsp3) is 0.0417. The normalized spacial score (nSPS) is 12.3. The second-order valence-corrected chi connectivity index (χ2v) is 7.43. The monoisotopic (exact) mass is 457 g/mol. The van der Waals surface area contributed by atoms with Gasteiger partial charge in [0.05, 0.1) is 32.7 Å². The van der Waals surface area contributed by atoms with Crippen LogP contribution in [-0.2, 0) is 4.79 Å². The molecule has 0 spiro atoms. The summed E-state index contributed by atoms with van der Waals surface area (Å²) < 4.78 is 0. The Morgan fingerprint density at radius 1 is 0.824 bits per heavy atom. The van der Waals surface area contributed by atoms with Crippen LogP contribution in [0.25, 0.3) is 12.2 Å². The first kappa shape index (κ1) is 22.2. The number of benzene rings is 3. The van der Waals surface area contributed by atoms with Crippen LogP contribution in [0.1, 0.15) is 49.9 Å². The average Bonchev–Trinajstić information content (AvgIpc) is 2.81. The van der Waals surface area contributed by atoms with E-state index in [1.54, 1.807) is 18.2 Å². The molecule has 10 nitrogen and oxygen atoms in total. The van der Waals surface area contributed by atoms with Gasteiger partial charge in [-0.05, 0) is 23.8 Å². The molecule has 34 heavy (non-hydrogen) atoms. The van der Waals surface area contributed by atoms with Gasteiger partial charge in [0.25, 0.3) is 11.4 Å². The first-order valence-corrected chi connectivity index (χ1v) is 9.93. The van der Waals surface area contributed by atoms with Gasteiger partial charge in [0.1, 0.15) is 0 Å². The Kier molecular flexibility index (Phi) is 5.56. The Bertz CT molecular complexity index is 1460. The molecule has 3 aromatic rings. The predicted molar refractivity (Wildman–Crippen MR) is 123 cm³/mol. The average molecular weight is 457 g/mol. The molecule has 4 rings (SSSR count). The van der Waals surface area contributed by atoms with Gasteiger partial charge in [-0.3, -0.25) is 34.6 Å². The van der Waals surface area contributed by atoms with Crippen LogP contribution < -0.4 is 5.32 Å². The van der Waals surface area contributed by atoms with Crippen LogP contribution in [0.4, 0.5) is 17.1 Å². The summed E-state index contributed by atoms with van der Waals surface area (Å²) in [5, 5.41) is 25.0. The van der Waals surface area contributed by atoms with Crippen LogP contribution in [0.5, 0.6) is 0 Å². The van der Waals surface area contributed by atoms with Gasteiger partial charge in [-0.25, -0.2) is 0 Å². The Balaban J connectivity index is 1.86. The molecule has 0 atom stereocenters. The maximum atomic E-state index is 13.2. The smallest absolute Gasteiger partial charge is 0.283 e. The third-order valence-corrected chi connectivity index (χ3v) is 5.29. The van der Waals surface area contributed by atoms with E-state index in [1.807, 2.05) is 0 Å². The van der Waals surface area contributed by atoms with Crippen molar-refractivity contribution in [2.24, 2.45) is 0 Å². The van der Waals surface area contributed by atoms with Crippen molar-refractivity contribution in [3.05, 3.63) is 108 Å². The standard InChI is InChI=1S/C24H15N3O7/c1-13(28)25-22-15(7-6-14-8-10-16(26(31)32)12-20(14)27(33)34)9-11-19-21(22)24(30)18-5-3-2-4-17(18)23(19)29/h2-12H,1H3,(H,25,28). The van der Waals surface area contributed by atoms with E-state index in [0.29, 0.717) is 5.56 Å². The second kappa shape index (κ2) is 8.51. The van der Waals surface area contributed by atoms with Crippen LogP contribution in [0.3, 0.4) is 0 Å². The van der Waals surface area contributed by atoms with Crippen LogP contribution in [0.15, 0.2) is 54.6 Å².